The molecule has 0 unspecified atom stereocenters. The second-order valence-electron chi connectivity index (χ2n) is 6.04. The molecule has 106 valence electrons. The fraction of sp³-hybridized carbons (Fsp3) is 0.375. The van der Waals surface area contributed by atoms with E-state index in [9.17, 15) is 4.79 Å². The minimum atomic E-state index is -0.106. The van der Waals surface area contributed by atoms with Crippen molar-refractivity contribution in [2.75, 3.05) is 5.32 Å². The van der Waals surface area contributed by atoms with Gasteiger partial charge in [-0.15, -0.1) is 0 Å². The number of aryl methyl sites for hydroxylation is 1. The summed E-state index contributed by atoms with van der Waals surface area (Å²) in [5, 5.41) is 6.70. The van der Waals surface area contributed by atoms with E-state index in [-0.39, 0.29) is 11.3 Å². The topological polar surface area (TPSA) is 55.1 Å². The van der Waals surface area contributed by atoms with E-state index >= 15 is 0 Å². The van der Waals surface area contributed by atoms with Crippen molar-refractivity contribution in [1.82, 2.24) is 5.16 Å². The Hall–Kier alpha value is -2.10. The van der Waals surface area contributed by atoms with E-state index in [1.165, 1.54) is 5.56 Å². The summed E-state index contributed by atoms with van der Waals surface area (Å²) in [6.45, 7) is 8.15. The zero-order valence-corrected chi connectivity index (χ0v) is 12.4. The van der Waals surface area contributed by atoms with Crippen molar-refractivity contribution >= 4 is 11.8 Å². The molecule has 0 fully saturated rings. The fourth-order valence-electron chi connectivity index (χ4n) is 1.76. The molecule has 0 saturated heterocycles. The number of nitrogens with one attached hydrogen (secondary N) is 1. The van der Waals surface area contributed by atoms with Crippen LogP contribution >= 0.6 is 0 Å². The summed E-state index contributed by atoms with van der Waals surface area (Å²) in [5.74, 6) is 0.289. The third kappa shape index (κ3) is 3.70. The number of anilines is 1. The highest BCUT2D eigenvalue weighted by Gasteiger charge is 2.19. The van der Waals surface area contributed by atoms with Crippen LogP contribution in [0.2, 0.25) is 0 Å². The maximum Gasteiger partial charge on any atom is 0.231 e. The molecule has 0 spiro atoms. The molecule has 4 heteroatoms. The van der Waals surface area contributed by atoms with Gasteiger partial charge in [0.15, 0.2) is 0 Å². The zero-order valence-electron chi connectivity index (χ0n) is 12.4. The largest absolute Gasteiger partial charge is 0.338 e. The Bertz CT molecular complexity index is 592. The summed E-state index contributed by atoms with van der Waals surface area (Å²) >= 11 is 0. The Kier molecular flexibility index (Phi) is 3.93. The van der Waals surface area contributed by atoms with Crippen LogP contribution in [-0.2, 0) is 16.6 Å². The lowest BCUT2D eigenvalue weighted by Crippen LogP contribution is -2.14. The van der Waals surface area contributed by atoms with E-state index in [1.807, 2.05) is 52.0 Å². The van der Waals surface area contributed by atoms with E-state index in [1.54, 1.807) is 6.07 Å². The van der Waals surface area contributed by atoms with Crippen LogP contribution in [0.25, 0.3) is 0 Å². The summed E-state index contributed by atoms with van der Waals surface area (Å²) in [6.07, 6.45) is 0.325. The highest BCUT2D eigenvalue weighted by molar-refractivity contribution is 5.91. The predicted octanol–water partition coefficient (Wildman–Crippen LogP) is 3.46. The zero-order chi connectivity index (χ0) is 14.8. The molecule has 20 heavy (non-hydrogen) atoms. The van der Waals surface area contributed by atoms with Gasteiger partial charge in [-0.25, -0.2) is 0 Å². The number of nitrogens with zero attached hydrogens (tertiary/aromatic N) is 1. The lowest BCUT2D eigenvalue weighted by Gasteiger charge is -2.12. The van der Waals surface area contributed by atoms with Gasteiger partial charge in [0, 0.05) is 11.5 Å². The smallest absolute Gasteiger partial charge is 0.231 e. The molecular formula is C16H20N2O2. The second kappa shape index (κ2) is 5.49. The molecule has 0 radical (unpaired) electrons. The molecule has 2 rings (SSSR count). The van der Waals surface area contributed by atoms with Crippen LogP contribution in [0.15, 0.2) is 34.9 Å². The Morgan fingerprint density at radius 2 is 1.90 bits per heavy atom. The average molecular weight is 272 g/mol. The lowest BCUT2D eigenvalue weighted by molar-refractivity contribution is -0.115. The van der Waals surface area contributed by atoms with Crippen molar-refractivity contribution < 1.29 is 9.32 Å². The number of carbonyl (C=O) groups is 1. The van der Waals surface area contributed by atoms with Gasteiger partial charge in [0.2, 0.25) is 11.8 Å². The summed E-state index contributed by atoms with van der Waals surface area (Å²) < 4.78 is 5.14. The van der Waals surface area contributed by atoms with Crippen LogP contribution in [0.5, 0.6) is 0 Å². The molecule has 0 atom stereocenters. The molecule has 0 saturated carbocycles. The van der Waals surface area contributed by atoms with Crippen LogP contribution in [0.3, 0.4) is 0 Å². The molecular weight excluding hydrogens is 252 g/mol. The van der Waals surface area contributed by atoms with Crippen molar-refractivity contribution in [2.24, 2.45) is 0 Å². The molecule has 1 aromatic heterocycles. The minimum absolute atomic E-state index is 0.0938. The minimum Gasteiger partial charge on any atom is -0.338 e. The molecule has 2 aromatic rings. The Labute approximate surface area is 119 Å². The first-order valence-electron chi connectivity index (χ1n) is 6.67. The molecule has 0 aliphatic rings. The van der Waals surface area contributed by atoms with Crippen molar-refractivity contribution in [3.63, 3.8) is 0 Å². The number of aromatic nitrogens is 1. The van der Waals surface area contributed by atoms with Crippen LogP contribution < -0.4 is 5.32 Å². The SMILES string of the molecule is Cc1ccc(CC(=O)Nc2cc(C(C)(C)C)no2)cc1. The molecule has 1 aromatic carbocycles. The highest BCUT2D eigenvalue weighted by Crippen LogP contribution is 2.23. The molecule has 4 nitrogen and oxygen atoms in total. The Morgan fingerprint density at radius 3 is 2.45 bits per heavy atom. The van der Waals surface area contributed by atoms with Crippen molar-refractivity contribution in [2.45, 2.75) is 39.5 Å². The van der Waals surface area contributed by atoms with E-state index < -0.39 is 0 Å². The summed E-state index contributed by atoms with van der Waals surface area (Å²) in [7, 11) is 0. The number of benzene rings is 1. The van der Waals surface area contributed by atoms with Gasteiger partial charge < -0.3 is 4.52 Å². The molecule has 1 amide bonds. The van der Waals surface area contributed by atoms with Crippen molar-refractivity contribution in [3.8, 4) is 0 Å². The number of amides is 1. The van der Waals surface area contributed by atoms with Crippen LogP contribution in [0, 0.1) is 6.92 Å². The first-order chi connectivity index (χ1) is 9.34. The molecule has 1 N–H and O–H groups in total. The molecule has 0 bridgehead atoms. The quantitative estimate of drug-likeness (QED) is 0.931. The van der Waals surface area contributed by atoms with Gasteiger partial charge in [0.05, 0.1) is 12.1 Å². The average Bonchev–Trinajstić information content (AvgIpc) is 2.80. The van der Waals surface area contributed by atoms with Crippen molar-refractivity contribution in [1.29, 1.82) is 0 Å². The molecule has 0 aliphatic heterocycles. The van der Waals surface area contributed by atoms with Gasteiger partial charge in [-0.2, -0.15) is 0 Å². The van der Waals surface area contributed by atoms with Crippen LogP contribution in [-0.4, -0.2) is 11.1 Å². The Balaban J connectivity index is 1.98. The monoisotopic (exact) mass is 272 g/mol. The van der Waals surface area contributed by atoms with Gasteiger partial charge in [-0.3, -0.25) is 10.1 Å². The van der Waals surface area contributed by atoms with Gasteiger partial charge in [0.1, 0.15) is 0 Å². The van der Waals surface area contributed by atoms with E-state index in [2.05, 4.69) is 10.5 Å². The summed E-state index contributed by atoms with van der Waals surface area (Å²) in [5.41, 5.74) is 2.88. The number of hydrogen-bond donors (Lipinski definition) is 1. The normalized spacial score (nSPS) is 11.4. The predicted molar refractivity (Wildman–Crippen MR) is 78.7 cm³/mol. The maximum atomic E-state index is 11.9. The summed E-state index contributed by atoms with van der Waals surface area (Å²) in [6, 6.07) is 9.67. The fourth-order valence-corrected chi connectivity index (χ4v) is 1.76. The van der Waals surface area contributed by atoms with Gasteiger partial charge >= 0.3 is 0 Å². The third-order valence-electron chi connectivity index (χ3n) is 3.03. The van der Waals surface area contributed by atoms with Crippen LogP contribution in [0.1, 0.15) is 37.6 Å². The van der Waals surface area contributed by atoms with Gasteiger partial charge in [0.25, 0.3) is 0 Å². The first kappa shape index (κ1) is 14.3. The van der Waals surface area contributed by atoms with Gasteiger partial charge in [-0.05, 0) is 12.5 Å². The Morgan fingerprint density at radius 1 is 1.25 bits per heavy atom. The van der Waals surface area contributed by atoms with Crippen molar-refractivity contribution in [3.05, 3.63) is 47.2 Å². The third-order valence-corrected chi connectivity index (χ3v) is 3.03. The highest BCUT2D eigenvalue weighted by atomic mass is 16.5. The lowest BCUT2D eigenvalue weighted by atomic mass is 9.92. The standard InChI is InChI=1S/C16H20N2O2/c1-11-5-7-12(8-6-11)9-14(19)17-15-10-13(18-20-15)16(2,3)4/h5-8,10H,9H2,1-4H3,(H,17,19). The van der Waals surface area contributed by atoms with E-state index in [0.717, 1.165) is 11.3 Å². The van der Waals surface area contributed by atoms with Crippen LogP contribution in [0.4, 0.5) is 5.88 Å². The van der Waals surface area contributed by atoms with E-state index in [0.29, 0.717) is 12.3 Å². The van der Waals surface area contributed by atoms with Gasteiger partial charge in [-0.1, -0.05) is 55.8 Å². The molecule has 1 heterocycles. The first-order valence-corrected chi connectivity index (χ1v) is 6.67. The second-order valence-corrected chi connectivity index (χ2v) is 6.04. The number of rotatable bonds is 3. The summed E-state index contributed by atoms with van der Waals surface area (Å²) in [4.78, 5) is 11.9. The maximum absolute atomic E-state index is 11.9. The number of carbonyl (C=O) groups excluding carboxylic acids is 1. The molecule has 0 aliphatic carbocycles. The number of hydrogen-bond acceptors (Lipinski definition) is 3. The van der Waals surface area contributed by atoms with E-state index in [4.69, 9.17) is 4.52 Å².